The molecule has 1 aliphatic heterocycles. The zero-order valence-electron chi connectivity index (χ0n) is 10.9. The summed E-state index contributed by atoms with van der Waals surface area (Å²) in [6.07, 6.45) is 5.64. The lowest BCUT2D eigenvalue weighted by Crippen LogP contribution is -2.37. The first-order chi connectivity index (χ1) is 8.71. The van der Waals surface area contributed by atoms with E-state index < -0.39 is 5.54 Å². The largest absolute Gasteiger partial charge is 0.379 e. The maximum Gasteiger partial charge on any atom is 0.249 e. The van der Waals surface area contributed by atoms with E-state index in [4.69, 9.17) is 15.0 Å². The van der Waals surface area contributed by atoms with Gasteiger partial charge in [0, 0.05) is 12.5 Å². The summed E-state index contributed by atoms with van der Waals surface area (Å²) in [5.41, 5.74) is 5.66. The summed E-state index contributed by atoms with van der Waals surface area (Å²) in [5, 5.41) is 4.14. The standard InChI is InChI=1S/C13H21N3O2/c1-2-9-3-4-10(7-9)11-15-12(18-16-11)13(14)5-6-17-8-13/h9-10H,2-8,14H2,1H3. The van der Waals surface area contributed by atoms with Crippen molar-refractivity contribution < 1.29 is 9.26 Å². The van der Waals surface area contributed by atoms with Crippen LogP contribution in [0.25, 0.3) is 0 Å². The molecule has 0 aromatic carbocycles. The van der Waals surface area contributed by atoms with Gasteiger partial charge in [0.2, 0.25) is 5.89 Å². The van der Waals surface area contributed by atoms with Crippen LogP contribution < -0.4 is 5.73 Å². The molecule has 1 saturated carbocycles. The molecule has 5 nitrogen and oxygen atoms in total. The molecule has 2 N–H and O–H groups in total. The van der Waals surface area contributed by atoms with Crippen molar-refractivity contribution in [3.63, 3.8) is 0 Å². The maximum absolute atomic E-state index is 6.22. The van der Waals surface area contributed by atoms with E-state index in [1.807, 2.05) is 0 Å². The van der Waals surface area contributed by atoms with Crippen LogP contribution in [-0.2, 0) is 10.3 Å². The van der Waals surface area contributed by atoms with E-state index in [-0.39, 0.29) is 0 Å². The van der Waals surface area contributed by atoms with E-state index in [0.717, 1.165) is 18.2 Å². The summed E-state index contributed by atoms with van der Waals surface area (Å²) in [5.74, 6) is 2.67. The second-order valence-corrected chi connectivity index (χ2v) is 5.70. The molecule has 3 atom stereocenters. The monoisotopic (exact) mass is 251 g/mol. The molecule has 18 heavy (non-hydrogen) atoms. The predicted molar refractivity (Wildman–Crippen MR) is 66.0 cm³/mol. The van der Waals surface area contributed by atoms with Crippen molar-refractivity contribution in [1.29, 1.82) is 0 Å². The smallest absolute Gasteiger partial charge is 0.249 e. The van der Waals surface area contributed by atoms with Gasteiger partial charge in [0.05, 0.1) is 6.61 Å². The average Bonchev–Trinajstić information content (AvgIpc) is 3.08. The Bertz CT molecular complexity index is 412. The summed E-state index contributed by atoms with van der Waals surface area (Å²) in [6, 6.07) is 0. The Morgan fingerprint density at radius 2 is 2.33 bits per heavy atom. The van der Waals surface area contributed by atoms with Gasteiger partial charge in [-0.15, -0.1) is 0 Å². The molecule has 0 amide bonds. The van der Waals surface area contributed by atoms with Gasteiger partial charge in [0.1, 0.15) is 5.54 Å². The van der Waals surface area contributed by atoms with Crippen molar-refractivity contribution in [1.82, 2.24) is 10.1 Å². The Hall–Kier alpha value is -0.940. The molecule has 2 fully saturated rings. The van der Waals surface area contributed by atoms with Crippen molar-refractivity contribution in [3.05, 3.63) is 11.7 Å². The highest BCUT2D eigenvalue weighted by atomic mass is 16.5. The number of hydrogen-bond acceptors (Lipinski definition) is 5. The van der Waals surface area contributed by atoms with Gasteiger partial charge in [0.25, 0.3) is 0 Å². The zero-order valence-corrected chi connectivity index (χ0v) is 10.9. The van der Waals surface area contributed by atoms with Crippen LogP contribution in [0, 0.1) is 5.92 Å². The second-order valence-electron chi connectivity index (χ2n) is 5.70. The molecule has 0 bridgehead atoms. The van der Waals surface area contributed by atoms with Gasteiger partial charge in [-0.05, 0) is 31.6 Å². The van der Waals surface area contributed by atoms with Crippen molar-refractivity contribution in [2.45, 2.75) is 50.5 Å². The third kappa shape index (κ3) is 2.06. The van der Waals surface area contributed by atoms with E-state index in [2.05, 4.69) is 17.1 Å². The van der Waals surface area contributed by atoms with Crippen LogP contribution in [0.1, 0.15) is 56.7 Å². The summed E-state index contributed by atoms with van der Waals surface area (Å²) >= 11 is 0. The van der Waals surface area contributed by atoms with Crippen LogP contribution in [-0.4, -0.2) is 23.4 Å². The summed E-state index contributed by atoms with van der Waals surface area (Å²) in [7, 11) is 0. The van der Waals surface area contributed by atoms with Crippen molar-refractivity contribution in [2.75, 3.05) is 13.2 Å². The number of ether oxygens (including phenoxy) is 1. The maximum atomic E-state index is 6.22. The quantitative estimate of drug-likeness (QED) is 0.888. The summed E-state index contributed by atoms with van der Waals surface area (Å²) in [6.45, 7) is 3.41. The molecule has 2 aliphatic rings. The Balaban J connectivity index is 1.74. The lowest BCUT2D eigenvalue weighted by Gasteiger charge is -2.15. The molecule has 1 aliphatic carbocycles. The van der Waals surface area contributed by atoms with Gasteiger partial charge in [-0.2, -0.15) is 4.98 Å². The second kappa shape index (κ2) is 4.63. The van der Waals surface area contributed by atoms with Crippen LogP contribution >= 0.6 is 0 Å². The van der Waals surface area contributed by atoms with Gasteiger partial charge in [-0.3, -0.25) is 0 Å². The van der Waals surface area contributed by atoms with E-state index >= 15 is 0 Å². The fourth-order valence-electron chi connectivity index (χ4n) is 3.03. The lowest BCUT2D eigenvalue weighted by molar-refractivity contribution is 0.166. The van der Waals surface area contributed by atoms with Gasteiger partial charge in [-0.1, -0.05) is 18.5 Å². The predicted octanol–water partition coefficient (Wildman–Crippen LogP) is 1.94. The SMILES string of the molecule is CCC1CCC(c2noc(C3(N)CCOC3)n2)C1. The molecule has 1 saturated heterocycles. The molecular weight excluding hydrogens is 230 g/mol. The van der Waals surface area contributed by atoms with E-state index in [0.29, 0.717) is 25.0 Å². The number of nitrogens with two attached hydrogens (primary N) is 1. The van der Waals surface area contributed by atoms with Gasteiger partial charge in [-0.25, -0.2) is 0 Å². The molecule has 1 aromatic rings. The van der Waals surface area contributed by atoms with Crippen LogP contribution in [0.2, 0.25) is 0 Å². The molecule has 2 heterocycles. The number of nitrogens with zero attached hydrogens (tertiary/aromatic N) is 2. The minimum Gasteiger partial charge on any atom is -0.379 e. The minimum atomic E-state index is -0.561. The molecule has 3 rings (SSSR count). The molecule has 1 aromatic heterocycles. The van der Waals surface area contributed by atoms with Gasteiger partial charge in [0.15, 0.2) is 5.82 Å². The topological polar surface area (TPSA) is 74.2 Å². The van der Waals surface area contributed by atoms with Crippen LogP contribution in [0.3, 0.4) is 0 Å². The molecule has 0 radical (unpaired) electrons. The molecule has 5 heteroatoms. The average molecular weight is 251 g/mol. The molecular formula is C13H21N3O2. The molecule has 100 valence electrons. The van der Waals surface area contributed by atoms with Gasteiger partial charge < -0.3 is 15.0 Å². The first-order valence-electron chi connectivity index (χ1n) is 6.92. The summed E-state index contributed by atoms with van der Waals surface area (Å²) < 4.78 is 10.7. The Kier molecular flexibility index (Phi) is 3.11. The first kappa shape index (κ1) is 12.1. The summed E-state index contributed by atoms with van der Waals surface area (Å²) in [4.78, 5) is 4.53. The van der Waals surface area contributed by atoms with Crippen molar-refractivity contribution in [3.8, 4) is 0 Å². The Morgan fingerprint density at radius 3 is 3.00 bits per heavy atom. The highest BCUT2D eigenvalue weighted by Gasteiger charge is 2.39. The zero-order chi connectivity index (χ0) is 12.6. The van der Waals surface area contributed by atoms with E-state index in [1.54, 1.807) is 0 Å². The van der Waals surface area contributed by atoms with Crippen molar-refractivity contribution in [2.24, 2.45) is 11.7 Å². The molecule has 0 spiro atoms. The Morgan fingerprint density at radius 1 is 1.44 bits per heavy atom. The third-order valence-corrected chi connectivity index (χ3v) is 4.40. The van der Waals surface area contributed by atoms with Crippen LogP contribution in [0.5, 0.6) is 0 Å². The third-order valence-electron chi connectivity index (χ3n) is 4.40. The number of aromatic nitrogens is 2. The first-order valence-corrected chi connectivity index (χ1v) is 6.92. The van der Waals surface area contributed by atoms with Crippen LogP contribution in [0.4, 0.5) is 0 Å². The number of hydrogen-bond donors (Lipinski definition) is 1. The highest BCUT2D eigenvalue weighted by Crippen LogP contribution is 2.39. The fourth-order valence-corrected chi connectivity index (χ4v) is 3.03. The minimum absolute atomic E-state index is 0.457. The normalized spacial score (nSPS) is 36.3. The molecule has 3 unspecified atom stereocenters. The van der Waals surface area contributed by atoms with E-state index in [1.165, 1.54) is 25.7 Å². The van der Waals surface area contributed by atoms with Crippen LogP contribution in [0.15, 0.2) is 4.52 Å². The van der Waals surface area contributed by atoms with E-state index in [9.17, 15) is 0 Å². The van der Waals surface area contributed by atoms with Gasteiger partial charge >= 0.3 is 0 Å². The number of rotatable bonds is 3. The lowest BCUT2D eigenvalue weighted by atomic mass is 10.00. The Labute approximate surface area is 107 Å². The van der Waals surface area contributed by atoms with Crippen molar-refractivity contribution >= 4 is 0 Å². The highest BCUT2D eigenvalue weighted by molar-refractivity contribution is 5.07. The fraction of sp³-hybridized carbons (Fsp3) is 0.846.